The fraction of sp³-hybridized carbons (Fsp3) is 0.412. The molecule has 1 heterocycles. The first kappa shape index (κ1) is 17.4. The van der Waals surface area contributed by atoms with Gasteiger partial charge in [-0.05, 0) is 51.4 Å². The first-order valence-corrected chi connectivity index (χ1v) is 8.47. The Morgan fingerprint density at radius 2 is 2.13 bits per heavy atom. The van der Waals surface area contributed by atoms with E-state index in [1.807, 2.05) is 32.9 Å². The molecule has 2 rings (SSSR count). The van der Waals surface area contributed by atoms with Gasteiger partial charge in [0.25, 0.3) is 5.91 Å². The lowest BCUT2D eigenvalue weighted by molar-refractivity contribution is 0.0950. The van der Waals surface area contributed by atoms with E-state index in [0.717, 1.165) is 33.3 Å². The van der Waals surface area contributed by atoms with Crippen LogP contribution in [0.5, 0.6) is 5.75 Å². The number of rotatable bonds is 7. The van der Waals surface area contributed by atoms with Crippen LogP contribution in [0.1, 0.15) is 37.9 Å². The van der Waals surface area contributed by atoms with Crippen molar-refractivity contribution in [3.8, 4) is 5.75 Å². The van der Waals surface area contributed by atoms with Gasteiger partial charge < -0.3 is 15.8 Å². The molecule has 1 aromatic heterocycles. The first-order valence-electron chi connectivity index (χ1n) is 7.66. The van der Waals surface area contributed by atoms with E-state index in [1.165, 1.54) is 0 Å². The molecule has 0 spiro atoms. The molecule has 5 nitrogen and oxygen atoms in total. The Kier molecular flexibility index (Phi) is 6.12. The van der Waals surface area contributed by atoms with E-state index >= 15 is 0 Å². The molecule has 0 unspecified atom stereocenters. The van der Waals surface area contributed by atoms with Gasteiger partial charge in [0.15, 0.2) is 0 Å². The third kappa shape index (κ3) is 4.77. The summed E-state index contributed by atoms with van der Waals surface area (Å²) in [6.07, 6.45) is 0.792. The molecule has 1 amide bonds. The largest absolute Gasteiger partial charge is 0.493 e. The molecule has 0 fully saturated rings. The van der Waals surface area contributed by atoms with Gasteiger partial charge in [-0.1, -0.05) is 6.07 Å². The zero-order chi connectivity index (χ0) is 16.8. The Morgan fingerprint density at radius 1 is 1.35 bits per heavy atom. The van der Waals surface area contributed by atoms with Gasteiger partial charge in [0.2, 0.25) is 0 Å². The number of hydrogen-bond acceptors (Lipinski definition) is 5. The maximum atomic E-state index is 12.3. The number of aromatic nitrogens is 1. The summed E-state index contributed by atoms with van der Waals surface area (Å²) in [5.41, 5.74) is 8.05. The van der Waals surface area contributed by atoms with Crippen LogP contribution in [0.25, 0.3) is 0 Å². The second kappa shape index (κ2) is 8.08. The molecular weight excluding hydrogens is 310 g/mol. The Hall–Kier alpha value is -1.92. The van der Waals surface area contributed by atoms with Crippen molar-refractivity contribution in [2.75, 3.05) is 13.2 Å². The van der Waals surface area contributed by atoms with Crippen LogP contribution in [0.2, 0.25) is 0 Å². The zero-order valence-electron chi connectivity index (χ0n) is 13.8. The van der Waals surface area contributed by atoms with Gasteiger partial charge in [-0.25, -0.2) is 4.98 Å². The number of thiazole rings is 1. The number of carbonyl (C=O) groups excluding carboxylic acids is 1. The van der Waals surface area contributed by atoms with Gasteiger partial charge in [0.05, 0.1) is 23.9 Å². The predicted octanol–water partition coefficient (Wildman–Crippen LogP) is 2.73. The fourth-order valence-electron chi connectivity index (χ4n) is 2.16. The van der Waals surface area contributed by atoms with Crippen molar-refractivity contribution >= 4 is 17.2 Å². The second-order valence-corrected chi connectivity index (χ2v) is 6.68. The molecule has 0 bridgehead atoms. The van der Waals surface area contributed by atoms with Crippen LogP contribution >= 0.6 is 11.3 Å². The topological polar surface area (TPSA) is 77.2 Å². The molecule has 0 aliphatic carbocycles. The Labute approximate surface area is 140 Å². The molecular formula is C17H23N3O2S. The summed E-state index contributed by atoms with van der Waals surface area (Å²) in [6.45, 7) is 7.53. The van der Waals surface area contributed by atoms with Crippen LogP contribution < -0.4 is 15.8 Å². The van der Waals surface area contributed by atoms with Gasteiger partial charge in [-0.15, -0.1) is 11.3 Å². The lowest BCUT2D eigenvalue weighted by Gasteiger charge is -2.11. The number of ether oxygens (including phenoxy) is 1. The second-order valence-electron chi connectivity index (χ2n) is 5.40. The van der Waals surface area contributed by atoms with Crippen molar-refractivity contribution in [1.29, 1.82) is 0 Å². The Balaban J connectivity index is 2.01. The predicted molar refractivity (Wildman–Crippen MR) is 93.1 cm³/mol. The van der Waals surface area contributed by atoms with Gasteiger partial charge in [0.1, 0.15) is 5.75 Å². The zero-order valence-corrected chi connectivity index (χ0v) is 14.6. The van der Waals surface area contributed by atoms with Crippen LogP contribution in [0.15, 0.2) is 18.2 Å². The smallest absolute Gasteiger partial charge is 0.251 e. The third-order valence-corrected chi connectivity index (χ3v) is 4.54. The lowest BCUT2D eigenvalue weighted by atomic mass is 10.1. The van der Waals surface area contributed by atoms with E-state index in [1.54, 1.807) is 17.4 Å². The number of amides is 1. The summed E-state index contributed by atoms with van der Waals surface area (Å²) in [7, 11) is 0. The average molecular weight is 333 g/mol. The molecule has 0 atom stereocenters. The number of nitrogens with two attached hydrogens (primary N) is 1. The Bertz CT molecular complexity index is 682. The van der Waals surface area contributed by atoms with Crippen molar-refractivity contribution in [3.05, 3.63) is 44.9 Å². The standard InChI is InChI=1S/C17H23N3O2S/c1-11-5-6-14(9-15(11)22-8-4-7-18)17(21)19-10-16-12(2)20-13(3)23-16/h5-6,9H,4,7-8,10,18H2,1-3H3,(H,19,21). The van der Waals surface area contributed by atoms with E-state index < -0.39 is 0 Å². The van der Waals surface area contributed by atoms with E-state index in [4.69, 9.17) is 10.5 Å². The van der Waals surface area contributed by atoms with E-state index in [0.29, 0.717) is 25.3 Å². The minimum Gasteiger partial charge on any atom is -0.493 e. The van der Waals surface area contributed by atoms with E-state index in [2.05, 4.69) is 10.3 Å². The number of hydrogen-bond donors (Lipinski definition) is 2. The van der Waals surface area contributed by atoms with Crippen LogP contribution in [0, 0.1) is 20.8 Å². The van der Waals surface area contributed by atoms with Gasteiger partial charge in [-0.2, -0.15) is 0 Å². The highest BCUT2D eigenvalue weighted by Crippen LogP contribution is 2.20. The molecule has 23 heavy (non-hydrogen) atoms. The summed E-state index contributed by atoms with van der Waals surface area (Å²) < 4.78 is 5.69. The Morgan fingerprint density at radius 3 is 2.78 bits per heavy atom. The molecule has 3 N–H and O–H groups in total. The molecule has 6 heteroatoms. The highest BCUT2D eigenvalue weighted by molar-refractivity contribution is 7.11. The molecule has 0 radical (unpaired) electrons. The maximum absolute atomic E-state index is 12.3. The SMILES string of the molecule is Cc1nc(C)c(CNC(=O)c2ccc(C)c(OCCCN)c2)s1. The van der Waals surface area contributed by atoms with Gasteiger partial charge >= 0.3 is 0 Å². The summed E-state index contributed by atoms with van der Waals surface area (Å²) >= 11 is 1.61. The van der Waals surface area contributed by atoms with Crippen LogP contribution in [0.4, 0.5) is 0 Å². The minimum atomic E-state index is -0.112. The highest BCUT2D eigenvalue weighted by atomic mass is 32.1. The summed E-state index contributed by atoms with van der Waals surface area (Å²) in [5.74, 6) is 0.620. The molecule has 0 saturated heterocycles. The monoisotopic (exact) mass is 333 g/mol. The third-order valence-electron chi connectivity index (χ3n) is 3.47. The minimum absolute atomic E-state index is 0.112. The normalized spacial score (nSPS) is 10.6. The molecule has 0 saturated carbocycles. The molecule has 0 aliphatic rings. The van der Waals surface area contributed by atoms with E-state index in [-0.39, 0.29) is 5.91 Å². The lowest BCUT2D eigenvalue weighted by Crippen LogP contribution is -2.22. The van der Waals surface area contributed by atoms with Crippen molar-refractivity contribution in [2.24, 2.45) is 5.73 Å². The van der Waals surface area contributed by atoms with Crippen molar-refractivity contribution < 1.29 is 9.53 Å². The van der Waals surface area contributed by atoms with Crippen LogP contribution in [0.3, 0.4) is 0 Å². The summed E-state index contributed by atoms with van der Waals surface area (Å²) in [5, 5.41) is 3.95. The van der Waals surface area contributed by atoms with Crippen LogP contribution in [-0.2, 0) is 6.54 Å². The number of aryl methyl sites for hydroxylation is 3. The highest BCUT2D eigenvalue weighted by Gasteiger charge is 2.11. The molecule has 124 valence electrons. The quantitative estimate of drug-likeness (QED) is 0.764. The molecule has 2 aromatic rings. The number of benzene rings is 1. The van der Waals surface area contributed by atoms with E-state index in [9.17, 15) is 4.79 Å². The number of nitrogens with zero attached hydrogens (tertiary/aromatic N) is 1. The molecule has 1 aromatic carbocycles. The fourth-order valence-corrected chi connectivity index (χ4v) is 3.04. The van der Waals surface area contributed by atoms with Crippen molar-refractivity contribution in [1.82, 2.24) is 10.3 Å². The summed E-state index contributed by atoms with van der Waals surface area (Å²) in [6, 6.07) is 5.49. The van der Waals surface area contributed by atoms with Gasteiger partial charge in [0, 0.05) is 10.4 Å². The number of carbonyl (C=O) groups is 1. The summed E-state index contributed by atoms with van der Waals surface area (Å²) in [4.78, 5) is 17.8. The number of nitrogens with one attached hydrogen (secondary N) is 1. The average Bonchev–Trinajstić information content (AvgIpc) is 2.84. The van der Waals surface area contributed by atoms with Crippen molar-refractivity contribution in [3.63, 3.8) is 0 Å². The van der Waals surface area contributed by atoms with Gasteiger partial charge in [-0.3, -0.25) is 4.79 Å². The molecule has 0 aliphatic heterocycles. The van der Waals surface area contributed by atoms with Crippen molar-refractivity contribution in [2.45, 2.75) is 33.7 Å². The first-order chi connectivity index (χ1) is 11.0. The maximum Gasteiger partial charge on any atom is 0.251 e. The van der Waals surface area contributed by atoms with Crippen LogP contribution in [-0.4, -0.2) is 24.0 Å².